The first-order chi connectivity index (χ1) is 17.7. The van der Waals surface area contributed by atoms with E-state index >= 15 is 0 Å². The van der Waals surface area contributed by atoms with E-state index in [9.17, 15) is 4.79 Å². The molecule has 5 rings (SSSR count). The molecule has 1 heterocycles. The minimum absolute atomic E-state index is 0.138. The van der Waals surface area contributed by atoms with Crippen LogP contribution in [0, 0.1) is 0 Å². The fourth-order valence-electron chi connectivity index (χ4n) is 4.32. The fourth-order valence-corrected chi connectivity index (χ4v) is 5.26. The van der Waals surface area contributed by atoms with Crippen molar-refractivity contribution in [3.63, 3.8) is 0 Å². The summed E-state index contributed by atoms with van der Waals surface area (Å²) in [6.45, 7) is 1.85. The summed E-state index contributed by atoms with van der Waals surface area (Å²) in [6, 6.07) is 37.0. The lowest BCUT2D eigenvalue weighted by atomic mass is 10.1. The number of rotatable bonds is 9. The number of thiophene rings is 1. The molecule has 0 atom stereocenters. The maximum atomic E-state index is 12.9. The molecule has 3 N–H and O–H groups in total. The van der Waals surface area contributed by atoms with Crippen LogP contribution >= 0.6 is 11.3 Å². The predicted molar refractivity (Wildman–Crippen MR) is 153 cm³/mol. The van der Waals surface area contributed by atoms with Gasteiger partial charge in [-0.2, -0.15) is 0 Å². The molecule has 1 aromatic heterocycles. The average Bonchev–Trinajstić information content (AvgIpc) is 3.35. The van der Waals surface area contributed by atoms with Crippen molar-refractivity contribution in [3.8, 4) is 0 Å². The zero-order valence-electron chi connectivity index (χ0n) is 20.1. The molecule has 0 radical (unpaired) electrons. The molecule has 0 saturated heterocycles. The van der Waals surface area contributed by atoms with Crippen LogP contribution in [0.5, 0.6) is 0 Å². The van der Waals surface area contributed by atoms with Gasteiger partial charge >= 0.3 is 0 Å². The molecule has 4 aromatic carbocycles. The number of hydrogen-bond donors (Lipinski definition) is 2. The molecule has 0 bridgehead atoms. The minimum Gasteiger partial charge on any atom is -0.397 e. The first-order valence-corrected chi connectivity index (χ1v) is 13.0. The van der Waals surface area contributed by atoms with E-state index in [1.54, 1.807) is 6.07 Å². The van der Waals surface area contributed by atoms with Gasteiger partial charge in [-0.05, 0) is 65.8 Å². The van der Waals surface area contributed by atoms with Crippen molar-refractivity contribution in [3.05, 3.63) is 125 Å². The van der Waals surface area contributed by atoms with Crippen LogP contribution in [0.1, 0.15) is 20.8 Å². The Morgan fingerprint density at radius 3 is 2.00 bits per heavy atom. The van der Waals surface area contributed by atoms with Gasteiger partial charge in [0.2, 0.25) is 0 Å². The highest BCUT2D eigenvalue weighted by Gasteiger charge is 2.14. The van der Waals surface area contributed by atoms with Crippen molar-refractivity contribution in [2.45, 2.75) is 12.8 Å². The van der Waals surface area contributed by atoms with Crippen LogP contribution < -0.4 is 16.0 Å². The lowest BCUT2D eigenvalue weighted by Crippen LogP contribution is -2.28. The van der Waals surface area contributed by atoms with E-state index in [-0.39, 0.29) is 5.91 Å². The van der Waals surface area contributed by atoms with Crippen LogP contribution in [0.25, 0.3) is 10.1 Å². The fraction of sp³-hybridized carbons (Fsp3) is 0.129. The summed E-state index contributed by atoms with van der Waals surface area (Å²) in [5.41, 5.74) is 11.0. The van der Waals surface area contributed by atoms with Gasteiger partial charge in [-0.25, -0.2) is 0 Å². The Morgan fingerprint density at radius 2 is 1.36 bits per heavy atom. The molecule has 0 unspecified atom stereocenters. The number of nitrogens with two attached hydrogens (primary N) is 1. The second-order valence-electron chi connectivity index (χ2n) is 8.83. The Bertz CT molecular complexity index is 1400. The number of nitrogens with one attached hydrogen (secondary N) is 1. The summed E-state index contributed by atoms with van der Waals surface area (Å²) >= 11 is 1.50. The first-order valence-electron chi connectivity index (χ1n) is 12.2. The van der Waals surface area contributed by atoms with Crippen molar-refractivity contribution in [1.29, 1.82) is 0 Å². The van der Waals surface area contributed by atoms with Gasteiger partial charge in [0, 0.05) is 23.5 Å². The Morgan fingerprint density at radius 1 is 0.750 bits per heavy atom. The maximum Gasteiger partial charge on any atom is 0.265 e. The van der Waals surface area contributed by atoms with Crippen molar-refractivity contribution < 1.29 is 4.79 Å². The zero-order valence-corrected chi connectivity index (χ0v) is 20.9. The van der Waals surface area contributed by atoms with Crippen LogP contribution in [-0.2, 0) is 12.8 Å². The van der Waals surface area contributed by atoms with Gasteiger partial charge in [0.25, 0.3) is 5.91 Å². The molecule has 0 aliphatic heterocycles. The number of nitrogens with zero attached hydrogens (tertiary/aromatic N) is 1. The Hall–Kier alpha value is -4.09. The van der Waals surface area contributed by atoms with Crippen molar-refractivity contribution in [1.82, 2.24) is 0 Å². The lowest BCUT2D eigenvalue weighted by molar-refractivity contribution is 0.103. The molecule has 0 fully saturated rings. The molecule has 0 aliphatic carbocycles. The normalized spacial score (nSPS) is 10.9. The largest absolute Gasteiger partial charge is 0.397 e. The topological polar surface area (TPSA) is 58.4 Å². The average molecular weight is 492 g/mol. The number of carbonyl (C=O) groups excluding carboxylic acids is 1. The summed E-state index contributed by atoms with van der Waals surface area (Å²) in [5.74, 6) is -0.138. The zero-order chi connectivity index (χ0) is 24.7. The van der Waals surface area contributed by atoms with Gasteiger partial charge in [0.05, 0.1) is 16.3 Å². The van der Waals surface area contributed by atoms with E-state index in [2.05, 4.69) is 89.1 Å². The van der Waals surface area contributed by atoms with Crippen LogP contribution in [0.2, 0.25) is 0 Å². The lowest BCUT2D eigenvalue weighted by Gasteiger charge is -2.25. The number of para-hydroxylation sites is 2. The van der Waals surface area contributed by atoms with Crippen LogP contribution in [0.3, 0.4) is 0 Å². The molecular weight excluding hydrogens is 462 g/mol. The number of hydrogen-bond acceptors (Lipinski definition) is 4. The summed E-state index contributed by atoms with van der Waals surface area (Å²) in [4.78, 5) is 16.0. The molecule has 0 saturated carbocycles. The van der Waals surface area contributed by atoms with Gasteiger partial charge in [0.15, 0.2) is 0 Å². The summed E-state index contributed by atoms with van der Waals surface area (Å²) in [6.07, 6.45) is 1.95. The van der Waals surface area contributed by atoms with Gasteiger partial charge in [0.1, 0.15) is 0 Å². The third kappa shape index (κ3) is 5.75. The molecule has 1 amide bonds. The highest BCUT2D eigenvalue weighted by molar-refractivity contribution is 7.20. The molecule has 36 heavy (non-hydrogen) atoms. The summed E-state index contributed by atoms with van der Waals surface area (Å²) in [7, 11) is 0. The first kappa shape index (κ1) is 23.6. The van der Waals surface area contributed by atoms with E-state index in [1.165, 1.54) is 28.2 Å². The number of nitrogen functional groups attached to an aromatic ring is 1. The van der Waals surface area contributed by atoms with E-state index in [1.807, 2.05) is 24.3 Å². The Kier molecular flexibility index (Phi) is 7.29. The molecule has 0 aliphatic rings. The molecule has 0 spiro atoms. The van der Waals surface area contributed by atoms with Crippen LogP contribution in [0.15, 0.2) is 109 Å². The van der Waals surface area contributed by atoms with Crippen molar-refractivity contribution in [2.24, 2.45) is 0 Å². The molecular formula is C31H29N3OS. The smallest absolute Gasteiger partial charge is 0.265 e. The molecule has 5 heteroatoms. The predicted octanol–water partition coefficient (Wildman–Crippen LogP) is 7.03. The minimum atomic E-state index is -0.138. The van der Waals surface area contributed by atoms with Crippen molar-refractivity contribution in [2.75, 3.05) is 29.0 Å². The van der Waals surface area contributed by atoms with Gasteiger partial charge in [-0.1, -0.05) is 72.8 Å². The molecule has 180 valence electrons. The summed E-state index contributed by atoms with van der Waals surface area (Å²) in [5, 5.41) is 4.01. The molecule has 5 aromatic rings. The van der Waals surface area contributed by atoms with E-state index in [0.29, 0.717) is 16.3 Å². The number of fused-ring (bicyclic) bond motifs is 1. The van der Waals surface area contributed by atoms with Gasteiger partial charge < -0.3 is 16.0 Å². The Labute approximate surface area is 216 Å². The standard InChI is InChI=1S/C31H29N3OS/c32-27-13-7-8-14-28(27)33-31(35)30-22-25-21-26(15-16-29(25)36-30)34(19-17-23-9-3-1-4-10-23)20-18-24-11-5-2-6-12-24/h1-16,21-22H,17-20,32H2,(H,33,35). The van der Waals surface area contributed by atoms with Gasteiger partial charge in [-0.3, -0.25) is 4.79 Å². The SMILES string of the molecule is Nc1ccccc1NC(=O)c1cc2cc(N(CCc3ccccc3)CCc3ccccc3)ccc2s1. The molecule has 4 nitrogen and oxygen atoms in total. The third-order valence-electron chi connectivity index (χ3n) is 6.32. The Balaban J connectivity index is 1.36. The van der Waals surface area contributed by atoms with Gasteiger partial charge in [-0.15, -0.1) is 11.3 Å². The van der Waals surface area contributed by atoms with E-state index < -0.39 is 0 Å². The second kappa shape index (κ2) is 11.1. The third-order valence-corrected chi connectivity index (χ3v) is 7.44. The monoisotopic (exact) mass is 491 g/mol. The number of amides is 1. The van der Waals surface area contributed by atoms with Crippen LogP contribution in [-0.4, -0.2) is 19.0 Å². The second-order valence-corrected chi connectivity index (χ2v) is 9.92. The highest BCUT2D eigenvalue weighted by Crippen LogP contribution is 2.31. The number of anilines is 3. The van der Waals surface area contributed by atoms with Crippen molar-refractivity contribution >= 4 is 44.4 Å². The van der Waals surface area contributed by atoms with E-state index in [0.717, 1.165) is 36.0 Å². The van der Waals surface area contributed by atoms with Crippen LogP contribution in [0.4, 0.5) is 17.1 Å². The number of benzene rings is 4. The summed E-state index contributed by atoms with van der Waals surface area (Å²) < 4.78 is 1.09. The maximum absolute atomic E-state index is 12.9. The van der Waals surface area contributed by atoms with E-state index in [4.69, 9.17) is 5.73 Å². The quantitative estimate of drug-likeness (QED) is 0.218. The number of carbonyl (C=O) groups is 1. The highest BCUT2D eigenvalue weighted by atomic mass is 32.1.